The Morgan fingerprint density at radius 1 is 1.05 bits per heavy atom. The van der Waals surface area contributed by atoms with Gasteiger partial charge in [-0.15, -0.1) is 0 Å². The third-order valence-electron chi connectivity index (χ3n) is 6.53. The Kier molecular flexibility index (Phi) is 4.06. The van der Waals surface area contributed by atoms with Crippen molar-refractivity contribution in [3.05, 3.63) is 0 Å². The molecule has 2 aliphatic rings. The molecule has 0 heterocycles. The maximum Gasteiger partial charge on any atom is 0.0721 e. The largest absolute Gasteiger partial charge is 0.389 e. The lowest BCUT2D eigenvalue weighted by molar-refractivity contribution is -0.111. The lowest BCUT2D eigenvalue weighted by atomic mass is 9.57. The molecule has 0 aliphatic heterocycles. The van der Waals surface area contributed by atoms with Crippen LogP contribution in [-0.4, -0.2) is 17.3 Å². The Morgan fingerprint density at radius 3 is 1.95 bits per heavy atom. The number of rotatable bonds is 2. The summed E-state index contributed by atoms with van der Waals surface area (Å²) in [5.74, 6) is 0.778. The van der Waals surface area contributed by atoms with Crippen molar-refractivity contribution in [3.8, 4) is 0 Å². The van der Waals surface area contributed by atoms with Gasteiger partial charge in [-0.25, -0.2) is 0 Å². The van der Waals surface area contributed by atoms with Crippen molar-refractivity contribution in [3.63, 3.8) is 0 Å². The highest BCUT2D eigenvalue weighted by Gasteiger charge is 2.56. The third-order valence-corrected chi connectivity index (χ3v) is 6.53. The molecule has 2 fully saturated rings. The molecule has 0 amide bonds. The minimum absolute atomic E-state index is 0.0253. The zero-order chi connectivity index (χ0) is 15.2. The quantitative estimate of drug-likeness (QED) is 0.800. The minimum atomic E-state index is -0.520. The first kappa shape index (κ1) is 16.3. The average Bonchev–Trinajstić information content (AvgIpc) is 2.64. The fourth-order valence-electron chi connectivity index (χ4n) is 4.86. The van der Waals surface area contributed by atoms with Crippen LogP contribution in [0.2, 0.25) is 0 Å². The Hall–Kier alpha value is -0.0800. The van der Waals surface area contributed by atoms with Gasteiger partial charge in [0, 0.05) is 12.0 Å². The monoisotopic (exact) mass is 281 g/mol. The molecule has 20 heavy (non-hydrogen) atoms. The van der Waals surface area contributed by atoms with Gasteiger partial charge in [-0.05, 0) is 61.7 Å². The lowest BCUT2D eigenvalue weighted by Gasteiger charge is -2.51. The van der Waals surface area contributed by atoms with Gasteiger partial charge in [0.05, 0.1) is 5.60 Å². The Balaban J connectivity index is 2.13. The molecule has 0 aromatic carbocycles. The van der Waals surface area contributed by atoms with Gasteiger partial charge < -0.3 is 10.8 Å². The molecule has 2 heteroatoms. The predicted molar refractivity (Wildman–Crippen MR) is 85.5 cm³/mol. The predicted octanol–water partition coefficient (Wildman–Crippen LogP) is 4.11. The van der Waals surface area contributed by atoms with Crippen molar-refractivity contribution in [2.45, 2.75) is 85.2 Å². The SMILES string of the molecule is CC1(C)CCC(O)(C2(CN)CCC(C(C)(C)C)CC2)C1. The van der Waals surface area contributed by atoms with Crippen LogP contribution in [0.25, 0.3) is 0 Å². The molecule has 0 radical (unpaired) electrons. The molecular formula is C18H35NO. The molecule has 2 rings (SSSR count). The second-order valence-corrected chi connectivity index (χ2v) is 9.50. The molecule has 0 bridgehead atoms. The van der Waals surface area contributed by atoms with Gasteiger partial charge in [0.25, 0.3) is 0 Å². The molecule has 0 saturated heterocycles. The molecule has 0 spiro atoms. The molecule has 2 nitrogen and oxygen atoms in total. The highest BCUT2D eigenvalue weighted by atomic mass is 16.3. The Morgan fingerprint density at radius 2 is 1.60 bits per heavy atom. The number of hydrogen-bond donors (Lipinski definition) is 2. The van der Waals surface area contributed by atoms with E-state index < -0.39 is 5.60 Å². The highest BCUT2D eigenvalue weighted by Crippen LogP contribution is 2.58. The van der Waals surface area contributed by atoms with Crippen LogP contribution < -0.4 is 5.73 Å². The standard InChI is InChI=1S/C18H35NO/c1-15(2,3)14-6-8-17(13-19,9-7-14)18(20)11-10-16(4,5)12-18/h14,20H,6-13,19H2,1-5H3. The van der Waals surface area contributed by atoms with Gasteiger partial charge in [-0.2, -0.15) is 0 Å². The van der Waals surface area contributed by atoms with E-state index >= 15 is 0 Å². The topological polar surface area (TPSA) is 46.2 Å². The Bertz CT molecular complexity index is 347. The number of aliphatic hydroxyl groups is 1. The van der Waals surface area contributed by atoms with Crippen molar-refractivity contribution < 1.29 is 5.11 Å². The molecule has 2 saturated carbocycles. The van der Waals surface area contributed by atoms with Gasteiger partial charge in [0.1, 0.15) is 0 Å². The van der Waals surface area contributed by atoms with Crippen LogP contribution >= 0.6 is 0 Å². The second-order valence-electron chi connectivity index (χ2n) is 9.50. The fourth-order valence-corrected chi connectivity index (χ4v) is 4.86. The number of hydrogen-bond acceptors (Lipinski definition) is 2. The third kappa shape index (κ3) is 2.78. The van der Waals surface area contributed by atoms with Crippen molar-refractivity contribution in [1.82, 2.24) is 0 Å². The molecule has 118 valence electrons. The van der Waals surface area contributed by atoms with Crippen molar-refractivity contribution in [1.29, 1.82) is 0 Å². The van der Waals surface area contributed by atoms with E-state index in [-0.39, 0.29) is 10.8 Å². The fraction of sp³-hybridized carbons (Fsp3) is 1.00. The van der Waals surface area contributed by atoms with Crippen LogP contribution in [0, 0.1) is 22.2 Å². The molecular weight excluding hydrogens is 246 g/mol. The van der Waals surface area contributed by atoms with Gasteiger partial charge in [0.2, 0.25) is 0 Å². The molecule has 1 atom stereocenters. The summed E-state index contributed by atoms with van der Waals surface area (Å²) in [6.07, 6.45) is 7.67. The van der Waals surface area contributed by atoms with E-state index in [1.165, 1.54) is 12.8 Å². The second kappa shape index (κ2) is 4.98. The Labute approximate surface area is 125 Å². The van der Waals surface area contributed by atoms with E-state index in [1.54, 1.807) is 0 Å². The molecule has 3 N–H and O–H groups in total. The molecule has 1 unspecified atom stereocenters. The van der Waals surface area contributed by atoms with Crippen molar-refractivity contribution >= 4 is 0 Å². The van der Waals surface area contributed by atoms with E-state index in [2.05, 4.69) is 34.6 Å². The molecule has 0 aromatic rings. The summed E-state index contributed by atoms with van der Waals surface area (Å²) in [4.78, 5) is 0. The summed E-state index contributed by atoms with van der Waals surface area (Å²) in [7, 11) is 0. The van der Waals surface area contributed by atoms with E-state index in [9.17, 15) is 5.11 Å². The van der Waals surface area contributed by atoms with Gasteiger partial charge in [-0.1, -0.05) is 34.6 Å². The van der Waals surface area contributed by atoms with Gasteiger partial charge in [0.15, 0.2) is 0 Å². The normalized spacial score (nSPS) is 41.9. The first-order valence-electron chi connectivity index (χ1n) is 8.46. The van der Waals surface area contributed by atoms with Crippen LogP contribution in [0.15, 0.2) is 0 Å². The van der Waals surface area contributed by atoms with E-state index in [0.29, 0.717) is 12.0 Å². The van der Waals surface area contributed by atoms with E-state index in [0.717, 1.165) is 38.0 Å². The summed E-state index contributed by atoms with van der Waals surface area (Å²) in [5, 5.41) is 11.3. The first-order chi connectivity index (χ1) is 9.04. The maximum absolute atomic E-state index is 11.3. The highest BCUT2D eigenvalue weighted by molar-refractivity contribution is 5.08. The zero-order valence-corrected chi connectivity index (χ0v) is 14.3. The van der Waals surface area contributed by atoms with Crippen LogP contribution in [-0.2, 0) is 0 Å². The maximum atomic E-state index is 11.3. The summed E-state index contributed by atoms with van der Waals surface area (Å²) in [6, 6.07) is 0. The average molecular weight is 281 g/mol. The van der Waals surface area contributed by atoms with E-state index in [1.807, 2.05) is 0 Å². The summed E-state index contributed by atoms with van der Waals surface area (Å²) in [6.45, 7) is 12.3. The molecule has 2 aliphatic carbocycles. The molecule has 0 aromatic heterocycles. The summed E-state index contributed by atoms with van der Waals surface area (Å²) < 4.78 is 0. The first-order valence-corrected chi connectivity index (χ1v) is 8.46. The summed E-state index contributed by atoms with van der Waals surface area (Å²) >= 11 is 0. The van der Waals surface area contributed by atoms with Crippen LogP contribution in [0.5, 0.6) is 0 Å². The lowest BCUT2D eigenvalue weighted by Crippen LogP contribution is -2.54. The van der Waals surface area contributed by atoms with Gasteiger partial charge in [-0.3, -0.25) is 0 Å². The summed E-state index contributed by atoms with van der Waals surface area (Å²) in [5.41, 5.74) is 6.30. The smallest absolute Gasteiger partial charge is 0.0721 e. The van der Waals surface area contributed by atoms with Crippen LogP contribution in [0.1, 0.15) is 79.6 Å². The van der Waals surface area contributed by atoms with Crippen molar-refractivity contribution in [2.24, 2.45) is 27.9 Å². The van der Waals surface area contributed by atoms with Gasteiger partial charge >= 0.3 is 0 Å². The van der Waals surface area contributed by atoms with Crippen molar-refractivity contribution in [2.75, 3.05) is 6.54 Å². The minimum Gasteiger partial charge on any atom is -0.389 e. The zero-order valence-electron chi connectivity index (χ0n) is 14.3. The van der Waals surface area contributed by atoms with Crippen LogP contribution in [0.4, 0.5) is 0 Å². The van der Waals surface area contributed by atoms with E-state index in [4.69, 9.17) is 5.73 Å². The number of nitrogens with two attached hydrogens (primary N) is 1. The van der Waals surface area contributed by atoms with Crippen LogP contribution in [0.3, 0.4) is 0 Å².